The van der Waals surface area contributed by atoms with Gasteiger partial charge in [0.15, 0.2) is 48.8 Å². The van der Waals surface area contributed by atoms with E-state index in [9.17, 15) is 36.9 Å². The van der Waals surface area contributed by atoms with Gasteiger partial charge in [-0.1, -0.05) is 12.1 Å². The topological polar surface area (TPSA) is 159 Å². The van der Waals surface area contributed by atoms with Crippen molar-refractivity contribution < 1.29 is 36.6 Å². The summed E-state index contributed by atoms with van der Waals surface area (Å²) in [5.74, 6) is -3.56. The van der Waals surface area contributed by atoms with Crippen molar-refractivity contribution in [2.24, 2.45) is 0 Å². The van der Waals surface area contributed by atoms with Crippen LogP contribution in [0.3, 0.4) is 0 Å². The van der Waals surface area contributed by atoms with Crippen molar-refractivity contribution in [1.82, 2.24) is 0 Å². The molecule has 1 aromatic heterocycles. The first kappa shape index (κ1) is 17.8. The lowest BCUT2D eigenvalue weighted by Gasteiger charge is -2.09. The molecule has 0 unspecified atom stereocenters. The normalized spacial score (nSPS) is 11.5. The zero-order chi connectivity index (χ0) is 19.2. The van der Waals surface area contributed by atoms with Crippen LogP contribution in [0.5, 0.6) is 17.2 Å². The highest BCUT2D eigenvalue weighted by Crippen LogP contribution is 2.44. The number of hydrogen-bond acceptors (Lipinski definition) is 9. The molecule has 0 fully saturated rings. The van der Waals surface area contributed by atoms with Gasteiger partial charge in [-0.15, -0.1) is 0 Å². The average molecular weight is 398 g/mol. The molecule has 2 aromatic carbocycles. The minimum Gasteiger partial charge on any atom is -0.504 e. The van der Waals surface area contributed by atoms with Crippen molar-refractivity contribution in [2.75, 3.05) is 0 Å². The maximum Gasteiger partial charge on any atom is 0.202 e. The van der Waals surface area contributed by atoms with Crippen LogP contribution < -0.4 is 5.43 Å². The number of phenols is 3. The van der Waals surface area contributed by atoms with Crippen molar-refractivity contribution in [3.63, 3.8) is 0 Å². The number of aromatic hydroxyl groups is 3. The Morgan fingerprint density at radius 2 is 1.54 bits per heavy atom. The van der Waals surface area contributed by atoms with Crippen molar-refractivity contribution in [3.8, 4) is 28.6 Å². The molecule has 0 saturated carbocycles. The van der Waals surface area contributed by atoms with E-state index in [1.807, 2.05) is 0 Å². The van der Waals surface area contributed by atoms with Gasteiger partial charge in [0.25, 0.3) is 0 Å². The highest BCUT2D eigenvalue weighted by Gasteiger charge is 2.25. The zero-order valence-electron chi connectivity index (χ0n) is 12.6. The molecule has 3 rings (SSSR count). The summed E-state index contributed by atoms with van der Waals surface area (Å²) in [6.07, 6.45) is 0. The molecule has 0 aliphatic heterocycles. The summed E-state index contributed by atoms with van der Waals surface area (Å²) in [6, 6.07) is 6.22. The second-order valence-corrected chi connectivity index (χ2v) is 7.13. The Labute approximate surface area is 148 Å². The van der Waals surface area contributed by atoms with Crippen LogP contribution in [0.15, 0.2) is 49.3 Å². The molecule has 0 amide bonds. The van der Waals surface area contributed by atoms with Gasteiger partial charge < -0.3 is 19.7 Å². The lowest BCUT2D eigenvalue weighted by atomic mass is 10.1. The van der Waals surface area contributed by atoms with Crippen LogP contribution in [-0.2, 0) is 21.4 Å². The Morgan fingerprint density at radius 1 is 0.846 bits per heavy atom. The summed E-state index contributed by atoms with van der Waals surface area (Å²) in [6.45, 7) is 0. The lowest BCUT2D eigenvalue weighted by Crippen LogP contribution is -2.03. The smallest absolute Gasteiger partial charge is 0.202 e. The first-order chi connectivity index (χ1) is 12.2. The molecule has 26 heavy (non-hydrogen) atoms. The van der Waals surface area contributed by atoms with Crippen molar-refractivity contribution in [2.45, 2.75) is 9.79 Å². The van der Waals surface area contributed by atoms with Gasteiger partial charge in [-0.2, -0.15) is 0 Å². The minimum absolute atomic E-state index is 0.0632. The van der Waals surface area contributed by atoms with Crippen molar-refractivity contribution in [1.29, 1.82) is 0 Å². The van der Waals surface area contributed by atoms with Crippen LogP contribution in [0.2, 0.25) is 0 Å². The van der Waals surface area contributed by atoms with Gasteiger partial charge >= 0.3 is 0 Å². The number of rotatable bonds is 3. The van der Waals surface area contributed by atoms with E-state index in [-0.39, 0.29) is 16.2 Å². The van der Waals surface area contributed by atoms with Crippen LogP contribution in [0.1, 0.15) is 0 Å². The number of fused-ring (bicyclic) bond motifs is 1. The fourth-order valence-corrected chi connectivity index (χ4v) is 3.47. The van der Waals surface area contributed by atoms with Gasteiger partial charge in [0, 0.05) is 11.6 Å². The molecule has 11 heteroatoms. The maximum atomic E-state index is 12.3. The predicted molar refractivity (Wildman–Crippen MR) is 90.1 cm³/mol. The Kier molecular flexibility index (Phi) is 4.34. The third kappa shape index (κ3) is 2.76. The Balaban J connectivity index is 2.46. The lowest BCUT2D eigenvalue weighted by molar-refractivity contribution is 0.363. The van der Waals surface area contributed by atoms with Crippen LogP contribution in [0.4, 0.5) is 0 Å². The largest absolute Gasteiger partial charge is 0.504 e. The quantitative estimate of drug-likeness (QED) is 0.313. The van der Waals surface area contributed by atoms with Gasteiger partial charge in [-0.3, -0.25) is 4.79 Å². The molecule has 0 radical (unpaired) electrons. The standard InChI is InChI=1S/C15H10O9S2/c16-8-5-9(6-2-1-3-7(4-6)25(20)21)24-14-10(8)11(17)12(18)13(19)15(14)26(22)23/h1-5,17-19,25-26H. The van der Waals surface area contributed by atoms with Gasteiger partial charge in [0.2, 0.25) is 5.75 Å². The van der Waals surface area contributed by atoms with Gasteiger partial charge in [0.1, 0.15) is 11.1 Å². The summed E-state index contributed by atoms with van der Waals surface area (Å²) in [4.78, 5) is 11.4. The van der Waals surface area contributed by atoms with Gasteiger partial charge in [-0.05, 0) is 12.1 Å². The first-order valence-electron chi connectivity index (χ1n) is 6.86. The Bertz CT molecular complexity index is 1250. The molecule has 0 spiro atoms. The second kappa shape index (κ2) is 6.35. The van der Waals surface area contributed by atoms with Gasteiger partial charge in [-0.25, -0.2) is 16.8 Å². The highest BCUT2D eigenvalue weighted by atomic mass is 32.2. The van der Waals surface area contributed by atoms with E-state index >= 15 is 0 Å². The molecular weight excluding hydrogens is 388 g/mol. The van der Waals surface area contributed by atoms with Crippen LogP contribution in [-0.4, -0.2) is 32.2 Å². The molecule has 0 aliphatic carbocycles. The predicted octanol–water partition coefficient (Wildman–Crippen LogP) is 0.517. The number of thiol groups is 2. The second-order valence-electron chi connectivity index (χ2n) is 5.14. The van der Waals surface area contributed by atoms with Crippen LogP contribution in [0.25, 0.3) is 22.3 Å². The van der Waals surface area contributed by atoms with E-state index in [0.717, 1.165) is 6.07 Å². The summed E-state index contributed by atoms with van der Waals surface area (Å²) in [7, 11) is -6.41. The first-order valence-corrected chi connectivity index (χ1v) is 9.21. The Hall–Kier alpha value is -3.05. The third-order valence-electron chi connectivity index (χ3n) is 3.60. The third-order valence-corrected chi connectivity index (χ3v) is 5.08. The summed E-state index contributed by atoms with van der Waals surface area (Å²) < 4.78 is 50.5. The summed E-state index contributed by atoms with van der Waals surface area (Å²) in [5.41, 5.74) is -1.41. The molecule has 0 bridgehead atoms. The molecule has 9 nitrogen and oxygen atoms in total. The molecule has 136 valence electrons. The molecule has 3 aromatic rings. The van der Waals surface area contributed by atoms with E-state index in [0.29, 0.717) is 0 Å². The Morgan fingerprint density at radius 3 is 2.15 bits per heavy atom. The van der Waals surface area contributed by atoms with Crippen molar-refractivity contribution in [3.05, 3.63) is 40.6 Å². The van der Waals surface area contributed by atoms with Crippen molar-refractivity contribution >= 4 is 32.4 Å². The number of benzene rings is 2. The van der Waals surface area contributed by atoms with E-state index in [1.54, 1.807) is 0 Å². The van der Waals surface area contributed by atoms with E-state index in [4.69, 9.17) is 4.42 Å². The molecule has 0 atom stereocenters. The number of phenolic OH excluding ortho intramolecular Hbond substituents is 3. The fourth-order valence-electron chi connectivity index (χ4n) is 2.42. The van der Waals surface area contributed by atoms with Crippen LogP contribution >= 0.6 is 0 Å². The SMILES string of the molecule is O=c1cc(-c2cccc([SH](=O)=O)c2)oc2c([SH](=O)=O)c(O)c(O)c(O)c12. The van der Waals surface area contributed by atoms with Gasteiger partial charge in [0.05, 0.1) is 4.90 Å². The summed E-state index contributed by atoms with van der Waals surface area (Å²) in [5, 5.41) is 28.6. The molecule has 1 heterocycles. The van der Waals surface area contributed by atoms with E-state index in [1.165, 1.54) is 24.3 Å². The van der Waals surface area contributed by atoms with E-state index in [2.05, 4.69) is 0 Å². The zero-order valence-corrected chi connectivity index (χ0v) is 14.4. The molecule has 0 aliphatic rings. The number of hydrogen-bond donors (Lipinski definition) is 5. The molecule has 3 N–H and O–H groups in total. The monoisotopic (exact) mass is 398 g/mol. The highest BCUT2D eigenvalue weighted by molar-refractivity contribution is 7.73. The molecule has 0 saturated heterocycles. The van der Waals surface area contributed by atoms with Crippen LogP contribution in [0, 0.1) is 0 Å². The average Bonchev–Trinajstić information content (AvgIpc) is 2.59. The maximum absolute atomic E-state index is 12.3. The minimum atomic E-state index is -3.51. The van der Waals surface area contributed by atoms with E-state index < -0.39 is 60.0 Å². The summed E-state index contributed by atoms with van der Waals surface area (Å²) >= 11 is 0. The fraction of sp³-hybridized carbons (Fsp3) is 0. The molecular formula is C15H10O9S2.